The number of hydrogen-bond donors (Lipinski definition) is 0. The second kappa shape index (κ2) is 12.1. The first kappa shape index (κ1) is 30.3. The summed E-state index contributed by atoms with van der Waals surface area (Å²) in [6.45, 7) is 0. The van der Waals surface area contributed by atoms with Crippen molar-refractivity contribution in [2.45, 2.75) is 0 Å². The molecule has 0 bridgehead atoms. The summed E-state index contributed by atoms with van der Waals surface area (Å²) in [6.07, 6.45) is 0. The molecular weight excluding hydrogens is 661 g/mol. The number of furan rings is 1. The molecule has 0 radical (unpaired) electrons. The molecule has 3 aromatic heterocycles. The van der Waals surface area contributed by atoms with E-state index in [1.807, 2.05) is 60.7 Å². The van der Waals surface area contributed by atoms with Crippen molar-refractivity contribution in [2.75, 3.05) is 0 Å². The van der Waals surface area contributed by atoms with E-state index in [4.69, 9.17) is 19.4 Å². The molecular formula is C49H30N4O. The number of rotatable bonds is 5. The van der Waals surface area contributed by atoms with E-state index in [9.17, 15) is 0 Å². The van der Waals surface area contributed by atoms with Crippen molar-refractivity contribution >= 4 is 54.5 Å². The maximum absolute atomic E-state index is 6.66. The molecule has 0 saturated heterocycles. The molecule has 8 aromatic carbocycles. The van der Waals surface area contributed by atoms with Gasteiger partial charge in [0, 0.05) is 32.8 Å². The summed E-state index contributed by atoms with van der Waals surface area (Å²) in [6, 6.07) is 63.2. The number of benzene rings is 8. The molecule has 0 N–H and O–H groups in total. The third-order valence-electron chi connectivity index (χ3n) is 10.4. The maximum atomic E-state index is 6.66. The van der Waals surface area contributed by atoms with E-state index in [1.54, 1.807) is 0 Å². The van der Waals surface area contributed by atoms with Gasteiger partial charge in [0.1, 0.15) is 11.2 Å². The highest BCUT2D eigenvalue weighted by molar-refractivity contribution is 6.17. The first-order chi connectivity index (χ1) is 26.8. The van der Waals surface area contributed by atoms with Gasteiger partial charge in [0.2, 0.25) is 0 Å². The molecule has 54 heavy (non-hydrogen) atoms. The molecule has 0 aliphatic carbocycles. The van der Waals surface area contributed by atoms with Gasteiger partial charge in [-0.1, -0.05) is 140 Å². The second-order valence-electron chi connectivity index (χ2n) is 13.6. The molecule has 11 rings (SSSR count). The van der Waals surface area contributed by atoms with Gasteiger partial charge >= 0.3 is 0 Å². The van der Waals surface area contributed by atoms with Crippen LogP contribution in [0, 0.1) is 0 Å². The Morgan fingerprint density at radius 1 is 0.389 bits per heavy atom. The summed E-state index contributed by atoms with van der Waals surface area (Å²) in [5, 5.41) is 6.83. The topological polar surface area (TPSA) is 56.7 Å². The van der Waals surface area contributed by atoms with Gasteiger partial charge in [-0.05, 0) is 64.4 Å². The van der Waals surface area contributed by atoms with E-state index in [0.717, 1.165) is 77.2 Å². The van der Waals surface area contributed by atoms with Gasteiger partial charge in [-0.25, -0.2) is 15.0 Å². The van der Waals surface area contributed by atoms with E-state index < -0.39 is 0 Å². The van der Waals surface area contributed by atoms with Crippen LogP contribution in [0.5, 0.6) is 0 Å². The van der Waals surface area contributed by atoms with Crippen LogP contribution in [0.2, 0.25) is 0 Å². The van der Waals surface area contributed by atoms with Crippen LogP contribution in [0.3, 0.4) is 0 Å². The number of para-hydroxylation sites is 2. The Kier molecular flexibility index (Phi) is 6.79. The number of aromatic nitrogens is 4. The van der Waals surface area contributed by atoms with Crippen molar-refractivity contribution in [2.24, 2.45) is 0 Å². The SMILES string of the molecule is c1ccc(-c2nc(-c3ccccc3)nc(-c3cccc4c5ccccc5n(-c5cccc6oc7cc(-c8ccc9ccccc9c8)ccc7c56)c34)n2)cc1. The Balaban J connectivity index is 1.16. The van der Waals surface area contributed by atoms with Gasteiger partial charge in [-0.15, -0.1) is 0 Å². The highest BCUT2D eigenvalue weighted by Crippen LogP contribution is 2.42. The molecule has 3 heterocycles. The largest absolute Gasteiger partial charge is 0.456 e. The molecule has 5 heteroatoms. The van der Waals surface area contributed by atoms with Crippen LogP contribution in [0.1, 0.15) is 0 Å². The average Bonchev–Trinajstić information content (AvgIpc) is 3.80. The lowest BCUT2D eigenvalue weighted by molar-refractivity contribution is 0.669. The average molecular weight is 691 g/mol. The fourth-order valence-corrected chi connectivity index (χ4v) is 7.92. The standard InChI is InChI=1S/C49H30N4O/c1-3-14-32(15-4-1)47-50-48(33-16-5-2-6-17-33)52-49(51-47)40-21-11-20-38-37-19-9-10-22-41(37)53(46(38)40)42-23-12-24-43-45(42)39-28-27-36(30-44(39)54-43)35-26-25-31-13-7-8-18-34(31)29-35/h1-30H. The Morgan fingerprint density at radius 2 is 1.02 bits per heavy atom. The van der Waals surface area contributed by atoms with E-state index in [0.29, 0.717) is 17.5 Å². The van der Waals surface area contributed by atoms with Crippen LogP contribution < -0.4 is 0 Å². The molecule has 5 nitrogen and oxygen atoms in total. The zero-order chi connectivity index (χ0) is 35.6. The predicted octanol–water partition coefficient (Wildman–Crippen LogP) is 12.7. The van der Waals surface area contributed by atoms with Crippen LogP contribution >= 0.6 is 0 Å². The third-order valence-corrected chi connectivity index (χ3v) is 10.4. The van der Waals surface area contributed by atoms with Gasteiger partial charge in [-0.3, -0.25) is 0 Å². The first-order valence-electron chi connectivity index (χ1n) is 18.1. The number of nitrogens with zero attached hydrogens (tertiary/aromatic N) is 4. The molecule has 0 amide bonds. The molecule has 0 fully saturated rings. The van der Waals surface area contributed by atoms with Gasteiger partial charge in [0.25, 0.3) is 0 Å². The van der Waals surface area contributed by atoms with Crippen LogP contribution in [-0.4, -0.2) is 19.5 Å². The fourth-order valence-electron chi connectivity index (χ4n) is 7.92. The van der Waals surface area contributed by atoms with Crippen molar-refractivity contribution in [3.63, 3.8) is 0 Å². The molecule has 0 spiro atoms. The van der Waals surface area contributed by atoms with Crippen LogP contribution in [0.15, 0.2) is 186 Å². The molecule has 252 valence electrons. The number of hydrogen-bond acceptors (Lipinski definition) is 4. The zero-order valence-electron chi connectivity index (χ0n) is 29.0. The highest BCUT2D eigenvalue weighted by Gasteiger charge is 2.22. The minimum atomic E-state index is 0.613. The molecule has 0 aliphatic rings. The monoisotopic (exact) mass is 690 g/mol. The van der Waals surface area contributed by atoms with Crippen molar-refractivity contribution in [3.8, 4) is 51.0 Å². The van der Waals surface area contributed by atoms with Gasteiger partial charge in [-0.2, -0.15) is 0 Å². The lowest BCUT2D eigenvalue weighted by Gasteiger charge is -2.13. The Morgan fingerprint density at radius 3 is 1.81 bits per heavy atom. The summed E-state index contributed by atoms with van der Waals surface area (Å²) >= 11 is 0. The molecule has 0 unspecified atom stereocenters. The molecule has 0 atom stereocenters. The normalized spacial score (nSPS) is 11.7. The van der Waals surface area contributed by atoms with Gasteiger partial charge in [0.05, 0.1) is 22.1 Å². The lowest BCUT2D eigenvalue weighted by Crippen LogP contribution is -2.02. The van der Waals surface area contributed by atoms with Crippen LogP contribution in [-0.2, 0) is 0 Å². The lowest BCUT2D eigenvalue weighted by atomic mass is 10.00. The second-order valence-corrected chi connectivity index (χ2v) is 13.6. The van der Waals surface area contributed by atoms with Crippen LogP contribution in [0.4, 0.5) is 0 Å². The summed E-state index contributed by atoms with van der Waals surface area (Å²) in [5.41, 5.74) is 9.89. The highest BCUT2D eigenvalue weighted by atomic mass is 16.3. The Labute approximate surface area is 310 Å². The van der Waals surface area contributed by atoms with E-state index in [-0.39, 0.29) is 0 Å². The fraction of sp³-hybridized carbons (Fsp3) is 0. The van der Waals surface area contributed by atoms with Gasteiger partial charge < -0.3 is 8.98 Å². The van der Waals surface area contributed by atoms with Gasteiger partial charge in [0.15, 0.2) is 17.5 Å². The summed E-state index contributed by atoms with van der Waals surface area (Å²) < 4.78 is 9.03. The zero-order valence-corrected chi connectivity index (χ0v) is 29.0. The van der Waals surface area contributed by atoms with E-state index >= 15 is 0 Å². The van der Waals surface area contributed by atoms with Crippen molar-refractivity contribution in [1.82, 2.24) is 19.5 Å². The first-order valence-corrected chi connectivity index (χ1v) is 18.1. The smallest absolute Gasteiger partial charge is 0.166 e. The summed E-state index contributed by atoms with van der Waals surface area (Å²) in [5.74, 6) is 1.87. The molecule has 11 aromatic rings. The quantitative estimate of drug-likeness (QED) is 0.180. The van der Waals surface area contributed by atoms with Crippen molar-refractivity contribution < 1.29 is 4.42 Å². The maximum Gasteiger partial charge on any atom is 0.166 e. The predicted molar refractivity (Wildman–Crippen MR) is 221 cm³/mol. The minimum absolute atomic E-state index is 0.613. The number of fused-ring (bicyclic) bond motifs is 7. The Hall–Kier alpha value is -7.37. The summed E-state index contributed by atoms with van der Waals surface area (Å²) in [7, 11) is 0. The van der Waals surface area contributed by atoms with Crippen molar-refractivity contribution in [3.05, 3.63) is 182 Å². The van der Waals surface area contributed by atoms with Crippen molar-refractivity contribution in [1.29, 1.82) is 0 Å². The minimum Gasteiger partial charge on any atom is -0.456 e. The van der Waals surface area contributed by atoms with E-state index in [2.05, 4.69) is 126 Å². The molecule has 0 saturated carbocycles. The molecule has 0 aliphatic heterocycles. The van der Waals surface area contributed by atoms with Crippen LogP contribution in [0.25, 0.3) is 105 Å². The van der Waals surface area contributed by atoms with E-state index in [1.165, 1.54) is 10.8 Å². The Bertz CT molecular complexity index is 3160. The summed E-state index contributed by atoms with van der Waals surface area (Å²) in [4.78, 5) is 15.3. The third kappa shape index (κ3) is 4.83.